The zero-order valence-corrected chi connectivity index (χ0v) is 18.2. The number of Topliss-reactive ketones (excluding diaryl/α,β-unsaturated/α-hetero) is 1. The molecule has 6 heteroatoms. The van der Waals surface area contributed by atoms with Crippen LogP contribution >= 0.6 is 0 Å². The fraction of sp³-hybridized carbons (Fsp3) is 0.458. The van der Waals surface area contributed by atoms with Gasteiger partial charge in [0.25, 0.3) is 0 Å². The smallest absolute Gasteiger partial charge is 0.164 e. The maximum Gasteiger partial charge on any atom is 0.164 e. The van der Waals surface area contributed by atoms with Gasteiger partial charge in [-0.05, 0) is 23.8 Å². The van der Waals surface area contributed by atoms with Crippen molar-refractivity contribution in [2.24, 2.45) is 0 Å². The quantitative estimate of drug-likeness (QED) is 0.558. The lowest BCUT2D eigenvalue weighted by atomic mass is 10.1. The van der Waals surface area contributed by atoms with E-state index in [1.54, 1.807) is 39.5 Å². The van der Waals surface area contributed by atoms with E-state index in [0.29, 0.717) is 23.5 Å². The summed E-state index contributed by atoms with van der Waals surface area (Å²) in [5, 5.41) is 0. The van der Waals surface area contributed by atoms with E-state index >= 15 is 0 Å². The number of nitrogens with zero attached hydrogens (tertiary/aromatic N) is 2. The highest BCUT2D eigenvalue weighted by molar-refractivity contribution is 5.96. The summed E-state index contributed by atoms with van der Waals surface area (Å²) in [6.07, 6.45) is 0.588. The number of rotatable bonds is 10. The molecule has 30 heavy (non-hydrogen) atoms. The van der Waals surface area contributed by atoms with Crippen molar-refractivity contribution in [2.75, 3.05) is 60.6 Å². The Bertz CT molecular complexity index is 804. The van der Waals surface area contributed by atoms with E-state index in [9.17, 15) is 4.79 Å². The van der Waals surface area contributed by atoms with Crippen molar-refractivity contribution in [1.82, 2.24) is 9.80 Å². The number of piperazine rings is 1. The Morgan fingerprint density at radius 1 is 0.900 bits per heavy atom. The SMILES string of the molecule is COc1ccc(C(=O)CCN2CCN(CC(OC)c3ccccc3)CC2)cc1OC. The molecule has 1 unspecified atom stereocenters. The number of hydrogen-bond acceptors (Lipinski definition) is 6. The van der Waals surface area contributed by atoms with Crippen LogP contribution in [0.3, 0.4) is 0 Å². The van der Waals surface area contributed by atoms with Crippen molar-refractivity contribution in [1.29, 1.82) is 0 Å². The van der Waals surface area contributed by atoms with Gasteiger partial charge in [0.2, 0.25) is 0 Å². The zero-order chi connectivity index (χ0) is 21.3. The number of methoxy groups -OCH3 is 3. The molecule has 3 rings (SSSR count). The van der Waals surface area contributed by atoms with Gasteiger partial charge in [0.1, 0.15) is 0 Å². The molecule has 1 saturated heterocycles. The highest BCUT2D eigenvalue weighted by Crippen LogP contribution is 2.28. The monoisotopic (exact) mass is 412 g/mol. The Kier molecular flexibility index (Phi) is 8.25. The molecule has 2 aromatic rings. The molecule has 162 valence electrons. The van der Waals surface area contributed by atoms with Crippen molar-refractivity contribution in [3.8, 4) is 11.5 Å². The molecule has 0 aliphatic carbocycles. The molecular weight excluding hydrogens is 380 g/mol. The molecule has 0 saturated carbocycles. The molecular formula is C24H32N2O4. The summed E-state index contributed by atoms with van der Waals surface area (Å²) < 4.78 is 16.3. The largest absolute Gasteiger partial charge is 0.493 e. The molecule has 2 aromatic carbocycles. The minimum absolute atomic E-state index is 0.0874. The van der Waals surface area contributed by atoms with Crippen molar-refractivity contribution >= 4 is 5.78 Å². The van der Waals surface area contributed by atoms with Gasteiger partial charge in [0.15, 0.2) is 17.3 Å². The van der Waals surface area contributed by atoms with Crippen LogP contribution < -0.4 is 9.47 Å². The van der Waals surface area contributed by atoms with E-state index in [-0.39, 0.29) is 11.9 Å². The molecule has 0 spiro atoms. The van der Waals surface area contributed by atoms with Gasteiger partial charge in [-0.25, -0.2) is 0 Å². The molecule has 0 aromatic heterocycles. The van der Waals surface area contributed by atoms with Crippen molar-refractivity contribution in [3.63, 3.8) is 0 Å². The summed E-state index contributed by atoms with van der Waals surface area (Å²) >= 11 is 0. The van der Waals surface area contributed by atoms with Crippen LogP contribution in [0.1, 0.15) is 28.4 Å². The van der Waals surface area contributed by atoms with E-state index < -0.39 is 0 Å². The molecule has 1 aliphatic rings. The molecule has 1 fully saturated rings. The summed E-state index contributed by atoms with van der Waals surface area (Å²) in [4.78, 5) is 17.4. The Hall–Kier alpha value is -2.41. The van der Waals surface area contributed by atoms with Crippen LogP contribution in [0.2, 0.25) is 0 Å². The van der Waals surface area contributed by atoms with Crippen LogP contribution in [0.15, 0.2) is 48.5 Å². The summed E-state index contributed by atoms with van der Waals surface area (Å²) in [7, 11) is 4.94. The fourth-order valence-electron chi connectivity index (χ4n) is 3.83. The van der Waals surface area contributed by atoms with Crippen LogP contribution in [0.5, 0.6) is 11.5 Å². The van der Waals surface area contributed by atoms with E-state index in [1.165, 1.54) is 5.56 Å². The van der Waals surface area contributed by atoms with Gasteiger partial charge in [-0.1, -0.05) is 30.3 Å². The fourth-order valence-corrected chi connectivity index (χ4v) is 3.83. The lowest BCUT2D eigenvalue weighted by molar-refractivity contribution is 0.0416. The normalized spacial score (nSPS) is 16.2. The Balaban J connectivity index is 1.45. The minimum atomic E-state index is 0.0874. The van der Waals surface area contributed by atoms with Crippen LogP contribution in [0.25, 0.3) is 0 Å². The van der Waals surface area contributed by atoms with E-state index in [1.807, 2.05) is 6.07 Å². The Morgan fingerprint density at radius 3 is 2.20 bits per heavy atom. The first kappa shape index (κ1) is 22.3. The third-order valence-corrected chi connectivity index (χ3v) is 5.71. The summed E-state index contributed by atoms with van der Waals surface area (Å²) in [5.74, 6) is 1.35. The number of hydrogen-bond donors (Lipinski definition) is 0. The molecule has 1 atom stereocenters. The van der Waals surface area contributed by atoms with Crippen LogP contribution in [0, 0.1) is 0 Å². The third-order valence-electron chi connectivity index (χ3n) is 5.71. The first-order chi connectivity index (χ1) is 14.6. The standard InChI is InChI=1S/C24H32N2O4/c1-28-22-10-9-20(17-23(22)29-2)21(27)11-12-25-13-15-26(16-14-25)18-24(30-3)19-7-5-4-6-8-19/h4-10,17,24H,11-16,18H2,1-3H3. The first-order valence-electron chi connectivity index (χ1n) is 10.4. The predicted molar refractivity (Wildman–Crippen MR) is 118 cm³/mol. The maximum atomic E-state index is 12.6. The van der Waals surface area contributed by atoms with Crippen molar-refractivity contribution < 1.29 is 19.0 Å². The molecule has 0 N–H and O–H groups in total. The summed E-state index contributed by atoms with van der Waals surface area (Å²) in [5.41, 5.74) is 1.88. The lowest BCUT2D eigenvalue weighted by Crippen LogP contribution is -2.48. The van der Waals surface area contributed by atoms with Gasteiger partial charge in [-0.2, -0.15) is 0 Å². The number of benzene rings is 2. The lowest BCUT2D eigenvalue weighted by Gasteiger charge is -2.36. The predicted octanol–water partition coefficient (Wildman–Crippen LogP) is 3.28. The second kappa shape index (κ2) is 11.1. The number of carbonyl (C=O) groups excluding carboxylic acids is 1. The second-order valence-corrected chi connectivity index (χ2v) is 7.52. The average molecular weight is 413 g/mol. The minimum Gasteiger partial charge on any atom is -0.493 e. The molecule has 0 bridgehead atoms. The number of carbonyl (C=O) groups is 1. The maximum absolute atomic E-state index is 12.6. The molecule has 1 aliphatic heterocycles. The van der Waals surface area contributed by atoms with Crippen molar-refractivity contribution in [3.05, 3.63) is 59.7 Å². The van der Waals surface area contributed by atoms with Crippen LogP contribution in [-0.4, -0.2) is 76.2 Å². The van der Waals surface area contributed by atoms with Gasteiger partial charge in [0, 0.05) is 58.4 Å². The highest BCUT2D eigenvalue weighted by Gasteiger charge is 2.21. The van der Waals surface area contributed by atoms with E-state index in [2.05, 4.69) is 34.1 Å². The van der Waals surface area contributed by atoms with Crippen LogP contribution in [-0.2, 0) is 4.74 Å². The van der Waals surface area contributed by atoms with Crippen molar-refractivity contribution in [2.45, 2.75) is 12.5 Å². The van der Waals surface area contributed by atoms with Gasteiger partial charge in [0.05, 0.1) is 20.3 Å². The Labute approximate surface area is 179 Å². The third kappa shape index (κ3) is 5.81. The molecule has 0 radical (unpaired) electrons. The number of ether oxygens (including phenoxy) is 3. The first-order valence-corrected chi connectivity index (χ1v) is 10.4. The summed E-state index contributed by atoms with van der Waals surface area (Å²) in [6.45, 7) is 5.55. The van der Waals surface area contributed by atoms with E-state index in [0.717, 1.165) is 39.3 Å². The molecule has 0 amide bonds. The Morgan fingerprint density at radius 2 is 1.57 bits per heavy atom. The van der Waals surface area contributed by atoms with Gasteiger partial charge < -0.3 is 19.1 Å². The van der Waals surface area contributed by atoms with Crippen LogP contribution in [0.4, 0.5) is 0 Å². The average Bonchev–Trinajstić information content (AvgIpc) is 2.81. The topological polar surface area (TPSA) is 51.2 Å². The highest BCUT2D eigenvalue weighted by atomic mass is 16.5. The van der Waals surface area contributed by atoms with E-state index in [4.69, 9.17) is 14.2 Å². The molecule has 6 nitrogen and oxygen atoms in total. The molecule has 1 heterocycles. The van der Waals surface area contributed by atoms with Gasteiger partial charge in [-0.3, -0.25) is 9.69 Å². The van der Waals surface area contributed by atoms with Gasteiger partial charge >= 0.3 is 0 Å². The summed E-state index contributed by atoms with van der Waals surface area (Å²) in [6, 6.07) is 15.7. The van der Waals surface area contributed by atoms with Gasteiger partial charge in [-0.15, -0.1) is 0 Å². The zero-order valence-electron chi connectivity index (χ0n) is 18.2. The second-order valence-electron chi connectivity index (χ2n) is 7.52. The number of ketones is 1.